The van der Waals surface area contributed by atoms with Gasteiger partial charge in [-0.1, -0.05) is 6.07 Å². The number of fused-ring (bicyclic) bond motifs is 1. The largest absolute Gasteiger partial charge is 0.392 e. The highest BCUT2D eigenvalue weighted by Gasteiger charge is 2.35. The smallest absolute Gasteiger partial charge is 0.228 e. The van der Waals surface area contributed by atoms with E-state index in [0.29, 0.717) is 13.1 Å². The van der Waals surface area contributed by atoms with Crippen molar-refractivity contribution in [3.05, 3.63) is 35.1 Å². The van der Waals surface area contributed by atoms with Crippen molar-refractivity contribution in [1.29, 1.82) is 0 Å². The maximum Gasteiger partial charge on any atom is 0.228 e. The molecular formula is C15H18FNO2. The molecule has 0 aromatic heterocycles. The van der Waals surface area contributed by atoms with E-state index >= 15 is 0 Å². The van der Waals surface area contributed by atoms with Gasteiger partial charge in [-0.25, -0.2) is 4.39 Å². The lowest BCUT2D eigenvalue weighted by molar-refractivity contribution is -0.139. The molecule has 1 N–H and O–H groups in total. The molecular weight excluding hydrogens is 245 g/mol. The summed E-state index contributed by atoms with van der Waals surface area (Å²) in [6, 6.07) is 4.79. The van der Waals surface area contributed by atoms with E-state index < -0.39 is 6.10 Å². The molecule has 0 bridgehead atoms. The minimum Gasteiger partial charge on any atom is -0.392 e. The van der Waals surface area contributed by atoms with Crippen molar-refractivity contribution in [3.8, 4) is 0 Å². The van der Waals surface area contributed by atoms with Gasteiger partial charge in [-0.3, -0.25) is 4.79 Å². The third-order valence-electron chi connectivity index (χ3n) is 4.29. The second kappa shape index (κ2) is 4.93. The van der Waals surface area contributed by atoms with Crippen molar-refractivity contribution in [2.75, 3.05) is 6.54 Å². The Bertz CT molecular complexity index is 503. The molecule has 4 heteroatoms. The lowest BCUT2D eigenvalue weighted by Crippen LogP contribution is -2.41. The number of rotatable bonds is 1. The van der Waals surface area contributed by atoms with E-state index in [2.05, 4.69) is 0 Å². The molecule has 0 spiro atoms. The van der Waals surface area contributed by atoms with Crippen molar-refractivity contribution in [2.45, 2.75) is 38.3 Å². The van der Waals surface area contributed by atoms with Crippen LogP contribution in [-0.4, -0.2) is 28.6 Å². The zero-order valence-electron chi connectivity index (χ0n) is 10.8. The topological polar surface area (TPSA) is 40.5 Å². The molecule has 1 aromatic rings. The van der Waals surface area contributed by atoms with E-state index in [0.717, 1.165) is 36.8 Å². The number of aliphatic hydroxyl groups excluding tert-OH is 1. The molecule has 2 aliphatic rings. The number of amides is 1. The number of aliphatic hydroxyl groups is 1. The van der Waals surface area contributed by atoms with E-state index in [1.54, 1.807) is 11.0 Å². The molecule has 1 saturated carbocycles. The molecule has 1 amide bonds. The summed E-state index contributed by atoms with van der Waals surface area (Å²) in [5, 5.41) is 9.82. The van der Waals surface area contributed by atoms with Crippen LogP contribution in [0.1, 0.15) is 30.4 Å². The number of benzene rings is 1. The summed E-state index contributed by atoms with van der Waals surface area (Å²) < 4.78 is 13.2. The average molecular weight is 263 g/mol. The molecule has 3 nitrogen and oxygen atoms in total. The van der Waals surface area contributed by atoms with Gasteiger partial charge >= 0.3 is 0 Å². The first-order valence-corrected chi connectivity index (χ1v) is 6.89. The number of halogens is 1. The molecule has 1 aliphatic carbocycles. The standard InChI is InChI=1S/C15H18FNO2/c16-12-5-4-10-6-7-17(9-11(10)8-12)15(19)13-2-1-3-14(13)18/h4-5,8,13-14,18H,1-3,6-7,9H2. The quantitative estimate of drug-likeness (QED) is 0.840. The number of nitrogens with zero attached hydrogens (tertiary/aromatic N) is 1. The van der Waals surface area contributed by atoms with Gasteiger partial charge in [-0.2, -0.15) is 0 Å². The van der Waals surface area contributed by atoms with Crippen LogP contribution in [0, 0.1) is 11.7 Å². The third-order valence-corrected chi connectivity index (χ3v) is 4.29. The molecule has 0 radical (unpaired) electrons. The minimum absolute atomic E-state index is 0.0277. The van der Waals surface area contributed by atoms with Gasteiger partial charge in [0.25, 0.3) is 0 Å². The Balaban J connectivity index is 1.76. The predicted molar refractivity (Wildman–Crippen MR) is 68.9 cm³/mol. The van der Waals surface area contributed by atoms with Gasteiger partial charge in [0.05, 0.1) is 12.0 Å². The fraction of sp³-hybridized carbons (Fsp3) is 0.533. The number of hydrogen-bond acceptors (Lipinski definition) is 2. The average Bonchev–Trinajstić information content (AvgIpc) is 2.83. The first-order chi connectivity index (χ1) is 9.15. The highest BCUT2D eigenvalue weighted by atomic mass is 19.1. The molecule has 1 fully saturated rings. The lowest BCUT2D eigenvalue weighted by atomic mass is 9.97. The summed E-state index contributed by atoms with van der Waals surface area (Å²) in [6.07, 6.45) is 2.67. The van der Waals surface area contributed by atoms with Gasteiger partial charge in [0.1, 0.15) is 5.82 Å². The second-order valence-corrected chi connectivity index (χ2v) is 5.53. The Kier molecular flexibility index (Phi) is 3.27. The molecule has 19 heavy (non-hydrogen) atoms. The van der Waals surface area contributed by atoms with Crippen LogP contribution in [0.25, 0.3) is 0 Å². The van der Waals surface area contributed by atoms with E-state index in [-0.39, 0.29) is 17.6 Å². The maximum absolute atomic E-state index is 13.2. The number of hydrogen-bond donors (Lipinski definition) is 1. The van der Waals surface area contributed by atoms with Crippen molar-refractivity contribution in [1.82, 2.24) is 4.90 Å². The van der Waals surface area contributed by atoms with Crippen LogP contribution in [0.3, 0.4) is 0 Å². The van der Waals surface area contributed by atoms with E-state index in [9.17, 15) is 14.3 Å². The van der Waals surface area contributed by atoms with Gasteiger partial charge < -0.3 is 10.0 Å². The minimum atomic E-state index is -0.499. The Labute approximate surface area is 112 Å². The van der Waals surface area contributed by atoms with Crippen LogP contribution in [0.4, 0.5) is 4.39 Å². The summed E-state index contributed by atoms with van der Waals surface area (Å²) in [5.41, 5.74) is 2.02. The summed E-state index contributed by atoms with van der Waals surface area (Å²) >= 11 is 0. The van der Waals surface area contributed by atoms with Gasteiger partial charge in [0.2, 0.25) is 5.91 Å². The summed E-state index contributed by atoms with van der Waals surface area (Å²) in [5.74, 6) is -0.482. The van der Waals surface area contributed by atoms with Crippen LogP contribution in [-0.2, 0) is 17.8 Å². The van der Waals surface area contributed by atoms with E-state index in [1.165, 1.54) is 12.1 Å². The predicted octanol–water partition coefficient (Wildman–Crippen LogP) is 1.87. The fourth-order valence-electron chi connectivity index (χ4n) is 3.18. The normalized spacial score (nSPS) is 26.3. The van der Waals surface area contributed by atoms with E-state index in [1.807, 2.05) is 0 Å². The monoisotopic (exact) mass is 263 g/mol. The zero-order valence-corrected chi connectivity index (χ0v) is 10.8. The zero-order chi connectivity index (χ0) is 13.4. The van der Waals surface area contributed by atoms with Crippen LogP contribution in [0.2, 0.25) is 0 Å². The highest BCUT2D eigenvalue weighted by Crippen LogP contribution is 2.29. The SMILES string of the molecule is O=C(C1CCCC1O)N1CCc2ccc(F)cc2C1. The lowest BCUT2D eigenvalue weighted by Gasteiger charge is -2.31. The Morgan fingerprint density at radius 1 is 1.32 bits per heavy atom. The molecule has 1 aliphatic heterocycles. The summed E-state index contributed by atoms with van der Waals surface area (Å²) in [4.78, 5) is 14.1. The van der Waals surface area contributed by atoms with Gasteiger partial charge in [0.15, 0.2) is 0 Å². The van der Waals surface area contributed by atoms with Gasteiger partial charge in [0, 0.05) is 13.1 Å². The molecule has 1 heterocycles. The molecule has 1 aromatic carbocycles. The first kappa shape index (κ1) is 12.6. The summed E-state index contributed by atoms with van der Waals surface area (Å²) in [7, 11) is 0. The third kappa shape index (κ3) is 2.37. The van der Waals surface area contributed by atoms with Crippen molar-refractivity contribution in [3.63, 3.8) is 0 Å². The van der Waals surface area contributed by atoms with Crippen molar-refractivity contribution >= 4 is 5.91 Å². The second-order valence-electron chi connectivity index (χ2n) is 5.53. The molecule has 2 unspecified atom stereocenters. The van der Waals surface area contributed by atoms with Gasteiger partial charge in [-0.15, -0.1) is 0 Å². The molecule has 0 saturated heterocycles. The van der Waals surface area contributed by atoms with Crippen LogP contribution in [0.5, 0.6) is 0 Å². The Hall–Kier alpha value is -1.42. The molecule has 2 atom stereocenters. The molecule has 3 rings (SSSR count). The summed E-state index contributed by atoms with van der Waals surface area (Å²) in [6.45, 7) is 1.13. The Morgan fingerprint density at radius 3 is 2.89 bits per heavy atom. The number of carbonyl (C=O) groups excluding carboxylic acids is 1. The number of carbonyl (C=O) groups is 1. The first-order valence-electron chi connectivity index (χ1n) is 6.89. The van der Waals surface area contributed by atoms with Crippen LogP contribution in [0.15, 0.2) is 18.2 Å². The van der Waals surface area contributed by atoms with Gasteiger partial charge in [-0.05, 0) is 48.9 Å². The van der Waals surface area contributed by atoms with Crippen molar-refractivity contribution < 1.29 is 14.3 Å². The highest BCUT2D eigenvalue weighted by molar-refractivity contribution is 5.80. The Morgan fingerprint density at radius 2 is 2.16 bits per heavy atom. The molecule has 102 valence electrons. The maximum atomic E-state index is 13.2. The van der Waals surface area contributed by atoms with Crippen LogP contribution < -0.4 is 0 Å². The van der Waals surface area contributed by atoms with Crippen molar-refractivity contribution in [2.24, 2.45) is 5.92 Å². The fourth-order valence-corrected chi connectivity index (χ4v) is 3.18. The van der Waals surface area contributed by atoms with E-state index in [4.69, 9.17) is 0 Å². The van der Waals surface area contributed by atoms with Crippen LogP contribution >= 0.6 is 0 Å².